The highest BCUT2D eigenvalue weighted by molar-refractivity contribution is 5.78. The van der Waals surface area contributed by atoms with Gasteiger partial charge in [0.1, 0.15) is 5.60 Å². The molecule has 2 aliphatic rings. The summed E-state index contributed by atoms with van der Waals surface area (Å²) in [5, 5.41) is 0. The Kier molecular flexibility index (Phi) is 3.33. The van der Waals surface area contributed by atoms with Crippen molar-refractivity contribution in [1.82, 2.24) is 0 Å². The number of carbonyl (C=O) groups is 1. The number of carbonyl (C=O) groups excluding carboxylic acids is 1. The number of ether oxygens (including phenoxy) is 1. The maximum atomic E-state index is 12.3. The molecule has 0 spiro atoms. The van der Waals surface area contributed by atoms with Crippen LogP contribution in [0.4, 0.5) is 0 Å². The van der Waals surface area contributed by atoms with Crippen LogP contribution >= 0.6 is 0 Å². The van der Waals surface area contributed by atoms with Crippen molar-refractivity contribution in [3.8, 4) is 0 Å². The first-order valence-electron chi connectivity index (χ1n) is 7.12. The number of rotatable bonds is 0. The fraction of sp³-hybridized carbons (Fsp3) is 0.812. The standard InChI is InChI=1S/C16H26O2/c1-11-7-6-10-15(2,3)18-14(17)13-12(9-8-11)16(13,4)5/h7,12-13H,6,8-10H2,1-5H3/b11-7-/t12-,13-/m0/s1. The Hall–Kier alpha value is -0.790. The molecular formula is C16H26O2. The van der Waals surface area contributed by atoms with Crippen molar-refractivity contribution in [2.24, 2.45) is 17.3 Å². The minimum atomic E-state index is -0.332. The predicted molar refractivity (Wildman–Crippen MR) is 73.2 cm³/mol. The van der Waals surface area contributed by atoms with Gasteiger partial charge < -0.3 is 4.74 Å². The summed E-state index contributed by atoms with van der Waals surface area (Å²) >= 11 is 0. The van der Waals surface area contributed by atoms with E-state index in [9.17, 15) is 4.79 Å². The third kappa shape index (κ3) is 2.62. The molecule has 0 aromatic carbocycles. The van der Waals surface area contributed by atoms with E-state index in [0.717, 1.165) is 25.7 Å². The second-order valence-corrected chi connectivity index (χ2v) is 7.21. The maximum absolute atomic E-state index is 12.3. The third-order valence-electron chi connectivity index (χ3n) is 4.77. The molecule has 18 heavy (non-hydrogen) atoms. The fourth-order valence-corrected chi connectivity index (χ4v) is 3.29. The van der Waals surface area contributed by atoms with Crippen molar-refractivity contribution in [2.75, 3.05) is 0 Å². The van der Waals surface area contributed by atoms with Crippen LogP contribution in [-0.4, -0.2) is 11.6 Å². The van der Waals surface area contributed by atoms with E-state index in [1.54, 1.807) is 0 Å². The minimum Gasteiger partial charge on any atom is -0.459 e. The van der Waals surface area contributed by atoms with Gasteiger partial charge in [0, 0.05) is 0 Å². The van der Waals surface area contributed by atoms with Gasteiger partial charge in [-0.15, -0.1) is 0 Å². The Balaban J connectivity index is 2.17. The predicted octanol–water partition coefficient (Wildman–Crippen LogP) is 4.10. The Bertz CT molecular complexity index is 377. The van der Waals surface area contributed by atoms with Gasteiger partial charge in [-0.25, -0.2) is 0 Å². The summed E-state index contributed by atoms with van der Waals surface area (Å²) in [5.41, 5.74) is 1.26. The summed E-state index contributed by atoms with van der Waals surface area (Å²) in [6, 6.07) is 0. The number of esters is 1. The Labute approximate surface area is 111 Å². The van der Waals surface area contributed by atoms with Gasteiger partial charge in [-0.1, -0.05) is 25.5 Å². The summed E-state index contributed by atoms with van der Waals surface area (Å²) < 4.78 is 5.73. The van der Waals surface area contributed by atoms with Crippen molar-refractivity contribution in [1.29, 1.82) is 0 Å². The van der Waals surface area contributed by atoms with Crippen LogP contribution in [0.2, 0.25) is 0 Å². The Morgan fingerprint density at radius 1 is 1.28 bits per heavy atom. The number of hydrogen-bond donors (Lipinski definition) is 0. The van der Waals surface area contributed by atoms with Crippen LogP contribution < -0.4 is 0 Å². The molecule has 0 aromatic heterocycles. The van der Waals surface area contributed by atoms with Gasteiger partial charge in [0.15, 0.2) is 0 Å². The highest BCUT2D eigenvalue weighted by Gasteiger charge is 2.62. The van der Waals surface area contributed by atoms with E-state index in [4.69, 9.17) is 4.74 Å². The zero-order valence-corrected chi connectivity index (χ0v) is 12.4. The molecule has 1 saturated carbocycles. The average Bonchev–Trinajstić information content (AvgIpc) is 2.76. The topological polar surface area (TPSA) is 26.3 Å². The van der Waals surface area contributed by atoms with Crippen LogP contribution in [0.1, 0.15) is 60.3 Å². The van der Waals surface area contributed by atoms with Crippen LogP contribution in [0.15, 0.2) is 11.6 Å². The summed E-state index contributed by atoms with van der Waals surface area (Å²) in [6.45, 7) is 10.6. The summed E-state index contributed by atoms with van der Waals surface area (Å²) in [7, 11) is 0. The molecule has 2 rings (SSSR count). The largest absolute Gasteiger partial charge is 0.459 e. The smallest absolute Gasteiger partial charge is 0.310 e. The van der Waals surface area contributed by atoms with Crippen molar-refractivity contribution in [3.05, 3.63) is 11.6 Å². The number of cyclic esters (lactones) is 1. The fourth-order valence-electron chi connectivity index (χ4n) is 3.29. The molecule has 0 unspecified atom stereocenters. The molecule has 0 amide bonds. The molecule has 0 radical (unpaired) electrons. The van der Waals surface area contributed by atoms with Crippen LogP contribution in [0.3, 0.4) is 0 Å². The van der Waals surface area contributed by atoms with Gasteiger partial charge in [-0.3, -0.25) is 4.79 Å². The molecule has 2 heteroatoms. The molecule has 2 atom stereocenters. The van der Waals surface area contributed by atoms with Gasteiger partial charge in [-0.2, -0.15) is 0 Å². The summed E-state index contributed by atoms with van der Waals surface area (Å²) in [4.78, 5) is 12.3. The number of allylic oxidation sites excluding steroid dienone is 2. The minimum absolute atomic E-state index is 0.0227. The lowest BCUT2D eigenvalue weighted by molar-refractivity contribution is -0.159. The van der Waals surface area contributed by atoms with Crippen molar-refractivity contribution < 1.29 is 9.53 Å². The van der Waals surface area contributed by atoms with E-state index >= 15 is 0 Å². The normalized spacial score (nSPS) is 37.6. The van der Waals surface area contributed by atoms with Gasteiger partial charge in [0.2, 0.25) is 0 Å². The quantitative estimate of drug-likeness (QED) is 0.478. The molecule has 102 valence electrons. The van der Waals surface area contributed by atoms with Crippen LogP contribution in [-0.2, 0) is 9.53 Å². The van der Waals surface area contributed by atoms with Gasteiger partial charge in [0.05, 0.1) is 5.92 Å². The highest BCUT2D eigenvalue weighted by atomic mass is 16.6. The second-order valence-electron chi connectivity index (χ2n) is 7.21. The summed E-state index contributed by atoms with van der Waals surface area (Å²) in [5.74, 6) is 0.638. The first-order valence-corrected chi connectivity index (χ1v) is 7.12. The summed E-state index contributed by atoms with van der Waals surface area (Å²) in [6.07, 6.45) is 6.47. The van der Waals surface area contributed by atoms with Gasteiger partial charge >= 0.3 is 5.97 Å². The third-order valence-corrected chi connectivity index (χ3v) is 4.77. The SMILES string of the molecule is C/C1=C/CCC(C)(C)OC(=O)[C@@H]2[C@H](CC1)C2(C)C. The van der Waals surface area contributed by atoms with E-state index in [-0.39, 0.29) is 22.9 Å². The van der Waals surface area contributed by atoms with E-state index in [1.165, 1.54) is 5.57 Å². The molecule has 2 nitrogen and oxygen atoms in total. The molecule has 1 aliphatic carbocycles. The van der Waals surface area contributed by atoms with Crippen LogP contribution in [0, 0.1) is 17.3 Å². The monoisotopic (exact) mass is 250 g/mol. The molecule has 1 heterocycles. The lowest BCUT2D eigenvalue weighted by Crippen LogP contribution is -2.29. The molecule has 1 fully saturated rings. The van der Waals surface area contributed by atoms with E-state index < -0.39 is 0 Å². The Morgan fingerprint density at radius 2 is 1.94 bits per heavy atom. The van der Waals surface area contributed by atoms with Crippen molar-refractivity contribution in [2.45, 2.75) is 65.9 Å². The molecular weight excluding hydrogens is 224 g/mol. The van der Waals surface area contributed by atoms with E-state index in [1.807, 2.05) is 13.8 Å². The first-order chi connectivity index (χ1) is 8.24. The number of hydrogen-bond acceptors (Lipinski definition) is 2. The molecule has 1 aliphatic heterocycles. The zero-order chi connectivity index (χ0) is 13.6. The maximum Gasteiger partial charge on any atom is 0.310 e. The molecule has 0 saturated heterocycles. The lowest BCUT2D eigenvalue weighted by atomic mass is 9.99. The van der Waals surface area contributed by atoms with E-state index in [0.29, 0.717) is 5.92 Å². The van der Waals surface area contributed by atoms with Crippen LogP contribution in [0.25, 0.3) is 0 Å². The highest BCUT2D eigenvalue weighted by Crippen LogP contribution is 2.61. The first kappa shape index (κ1) is 13.6. The van der Waals surface area contributed by atoms with Crippen molar-refractivity contribution in [3.63, 3.8) is 0 Å². The average molecular weight is 250 g/mol. The number of fused-ring (bicyclic) bond motifs is 1. The zero-order valence-electron chi connectivity index (χ0n) is 12.4. The van der Waals surface area contributed by atoms with E-state index in [2.05, 4.69) is 26.8 Å². The molecule has 0 N–H and O–H groups in total. The second kappa shape index (κ2) is 4.40. The lowest BCUT2D eigenvalue weighted by Gasteiger charge is -2.25. The Morgan fingerprint density at radius 3 is 2.61 bits per heavy atom. The van der Waals surface area contributed by atoms with Gasteiger partial charge in [-0.05, 0) is 57.8 Å². The van der Waals surface area contributed by atoms with Crippen molar-refractivity contribution >= 4 is 5.97 Å². The molecule has 0 bridgehead atoms. The van der Waals surface area contributed by atoms with Gasteiger partial charge in [0.25, 0.3) is 0 Å². The van der Waals surface area contributed by atoms with Crippen LogP contribution in [0.5, 0.6) is 0 Å². The molecule has 0 aromatic rings.